The Labute approximate surface area is 426 Å². The molecule has 0 aliphatic heterocycles. The average molecular weight is 1010 g/mol. The molecule has 0 aromatic carbocycles. The van der Waals surface area contributed by atoms with Crippen molar-refractivity contribution in [2.45, 2.75) is 174 Å². The standard InChI is InChI=1S/C14H24O4.C13H22O4.C10H16.C8H14O4.C7H12O4.C3H8/c1-3-11-5-7-13(8-6-11)17-9-12(15)10-18-14(16)4-2;1-3-13(15)17-9-11(14)8-16-12-6-4-10(2)5-7-12;1-2-9-7-4-5-8(6-7)10(9)3-1;1-3-8(10)12-6-7(9)5-11-4-2;1-3-7(9)11-5-6(8)4-10-2;1-3-2/h4,11-13,15H,2-3,5-10H2,1H3;3,10-12,14H,1,4-9H2,2H3;7-10H,1-6H2;3,7,9H,1,4-6H2,2H3;3,6,8H,1,4-5H2,2H3;3H2,1-2H3. The van der Waals surface area contributed by atoms with E-state index < -0.39 is 48.3 Å². The van der Waals surface area contributed by atoms with Crippen molar-refractivity contribution < 1.29 is 77.5 Å². The summed E-state index contributed by atoms with van der Waals surface area (Å²) in [6, 6.07) is 0. The fourth-order valence-electron chi connectivity index (χ4n) is 9.20. The molecule has 0 aromatic heterocycles. The predicted octanol–water partition coefficient (Wildman–Crippen LogP) is 7.82. The molecule has 5 rings (SSSR count). The Balaban J connectivity index is 0.000000864. The molecule has 5 aliphatic carbocycles. The van der Waals surface area contributed by atoms with Crippen LogP contribution < -0.4 is 0 Å². The third-order valence-corrected chi connectivity index (χ3v) is 12.9. The lowest BCUT2D eigenvalue weighted by atomic mass is 9.82. The largest absolute Gasteiger partial charge is 0.460 e. The van der Waals surface area contributed by atoms with Gasteiger partial charge >= 0.3 is 23.9 Å². The summed E-state index contributed by atoms with van der Waals surface area (Å²) in [7, 11) is 1.46. The number of ether oxygens (including phenoxy) is 8. The molecule has 4 N–H and O–H groups in total. The minimum absolute atomic E-state index is 0.0326. The number of esters is 4. The van der Waals surface area contributed by atoms with Crippen molar-refractivity contribution in [1.82, 2.24) is 0 Å². The van der Waals surface area contributed by atoms with Crippen LogP contribution in [-0.4, -0.2) is 147 Å². The van der Waals surface area contributed by atoms with Gasteiger partial charge in [-0.25, -0.2) is 19.2 Å². The van der Waals surface area contributed by atoms with E-state index in [0.29, 0.717) is 6.61 Å². The van der Waals surface area contributed by atoms with E-state index in [4.69, 9.17) is 33.9 Å². The number of methoxy groups -OCH3 is 1. The van der Waals surface area contributed by atoms with Gasteiger partial charge in [-0.05, 0) is 126 Å². The van der Waals surface area contributed by atoms with Crippen LogP contribution in [0.3, 0.4) is 0 Å². The monoisotopic (exact) mass is 1010 g/mol. The molecule has 0 heterocycles. The summed E-state index contributed by atoms with van der Waals surface area (Å²) in [5.74, 6) is 4.31. The number of aliphatic hydroxyl groups excluding tert-OH is 4. The van der Waals surface area contributed by atoms with Crippen LogP contribution in [0, 0.1) is 35.5 Å². The number of hydrogen-bond donors (Lipinski definition) is 4. The molecule has 5 fully saturated rings. The summed E-state index contributed by atoms with van der Waals surface area (Å²) in [6.07, 6.45) is 22.8. The lowest BCUT2D eigenvalue weighted by molar-refractivity contribution is -0.143. The molecule has 0 amide bonds. The molecule has 16 heteroatoms. The van der Waals surface area contributed by atoms with Gasteiger partial charge in [0.1, 0.15) is 50.8 Å². The van der Waals surface area contributed by atoms with Crippen molar-refractivity contribution in [3.8, 4) is 0 Å². The van der Waals surface area contributed by atoms with Gasteiger partial charge in [0.15, 0.2) is 0 Å². The quantitative estimate of drug-likeness (QED) is 0.0411. The second kappa shape index (κ2) is 43.0. The Morgan fingerprint density at radius 1 is 0.507 bits per heavy atom. The molecule has 5 aliphatic rings. The van der Waals surface area contributed by atoms with Crippen LogP contribution in [0.5, 0.6) is 0 Å². The molecule has 71 heavy (non-hydrogen) atoms. The highest BCUT2D eigenvalue weighted by Crippen LogP contribution is 2.58. The van der Waals surface area contributed by atoms with Gasteiger partial charge in [0.25, 0.3) is 0 Å². The van der Waals surface area contributed by atoms with E-state index in [2.05, 4.69) is 68.2 Å². The van der Waals surface area contributed by atoms with E-state index in [1.807, 2.05) is 6.92 Å². The SMILES string of the molecule is C1CC2C3CCC(C3)C2C1.C=CC(=O)OCC(O)COC.C=CC(=O)OCC(O)COC1CCC(C)CC1.C=CC(=O)OCC(O)COC1CCC(CC)CC1.C=CC(=O)OCC(O)COCC.CCC. The molecular weight excluding hydrogens is 917 g/mol. The molecule has 8 atom stereocenters. The van der Waals surface area contributed by atoms with Crippen molar-refractivity contribution in [2.75, 3.05) is 66.6 Å². The first kappa shape index (κ1) is 67.5. The third kappa shape index (κ3) is 33.8. The number of rotatable bonds is 24. The van der Waals surface area contributed by atoms with E-state index in [9.17, 15) is 29.4 Å². The highest BCUT2D eigenvalue weighted by atomic mass is 16.6. The highest BCUT2D eigenvalue weighted by molar-refractivity contribution is 5.82. The molecule has 16 nitrogen and oxygen atoms in total. The number of hydrogen-bond acceptors (Lipinski definition) is 16. The Kier molecular flexibility index (Phi) is 40.9. The fourth-order valence-corrected chi connectivity index (χ4v) is 9.20. The van der Waals surface area contributed by atoms with Gasteiger partial charge in [-0.2, -0.15) is 0 Å². The fraction of sp³-hybridized carbons (Fsp3) is 0.782. The van der Waals surface area contributed by atoms with Crippen LogP contribution in [0.25, 0.3) is 0 Å². The molecule has 5 saturated carbocycles. The molecule has 0 spiro atoms. The van der Waals surface area contributed by atoms with Crippen LogP contribution in [-0.2, 0) is 57.1 Å². The molecule has 412 valence electrons. The van der Waals surface area contributed by atoms with Crippen molar-refractivity contribution >= 4 is 23.9 Å². The Morgan fingerprint density at radius 3 is 1.20 bits per heavy atom. The number of fused-ring (bicyclic) bond motifs is 5. The summed E-state index contributed by atoms with van der Waals surface area (Å²) in [5.41, 5.74) is 0. The first-order chi connectivity index (χ1) is 34.0. The molecule has 0 radical (unpaired) electrons. The van der Waals surface area contributed by atoms with Gasteiger partial charge in [-0.15, -0.1) is 0 Å². The van der Waals surface area contributed by atoms with E-state index in [1.54, 1.807) is 38.5 Å². The summed E-state index contributed by atoms with van der Waals surface area (Å²) in [5, 5.41) is 37.2. The van der Waals surface area contributed by atoms with Crippen LogP contribution in [0.2, 0.25) is 0 Å². The predicted molar refractivity (Wildman–Crippen MR) is 274 cm³/mol. The van der Waals surface area contributed by atoms with Crippen LogP contribution in [0.4, 0.5) is 0 Å². The maximum atomic E-state index is 10.8. The van der Waals surface area contributed by atoms with Gasteiger partial charge in [0.2, 0.25) is 0 Å². The minimum Gasteiger partial charge on any atom is -0.460 e. The second-order valence-corrected chi connectivity index (χ2v) is 19.0. The average Bonchev–Trinajstić information content (AvgIpc) is 4.16. The van der Waals surface area contributed by atoms with E-state index in [1.165, 1.54) is 69.3 Å². The molecule has 0 saturated heterocycles. The molecule has 0 aromatic rings. The smallest absolute Gasteiger partial charge is 0.330 e. The maximum absolute atomic E-state index is 10.8. The Morgan fingerprint density at radius 2 is 0.859 bits per heavy atom. The van der Waals surface area contributed by atoms with Crippen molar-refractivity contribution in [3.63, 3.8) is 0 Å². The zero-order chi connectivity index (χ0) is 53.4. The molecule has 8 unspecified atom stereocenters. The maximum Gasteiger partial charge on any atom is 0.330 e. The summed E-state index contributed by atoms with van der Waals surface area (Å²) >= 11 is 0. The minimum atomic E-state index is -0.760. The van der Waals surface area contributed by atoms with Crippen LogP contribution >= 0.6 is 0 Å². The summed E-state index contributed by atoms with van der Waals surface area (Å²) in [6.45, 7) is 24.7. The van der Waals surface area contributed by atoms with E-state index in [-0.39, 0.29) is 65.1 Å². The third-order valence-electron chi connectivity index (χ3n) is 12.9. The van der Waals surface area contributed by atoms with E-state index >= 15 is 0 Å². The topological polar surface area (TPSA) is 223 Å². The Hall–Kier alpha value is -3.48. The van der Waals surface area contributed by atoms with Gasteiger partial charge < -0.3 is 58.3 Å². The van der Waals surface area contributed by atoms with Crippen LogP contribution in [0.15, 0.2) is 50.6 Å². The lowest BCUT2D eigenvalue weighted by Gasteiger charge is -2.28. The van der Waals surface area contributed by atoms with Crippen LogP contribution in [0.1, 0.15) is 137 Å². The zero-order valence-electron chi connectivity index (χ0n) is 44.4. The summed E-state index contributed by atoms with van der Waals surface area (Å²) in [4.78, 5) is 42.5. The molecule has 2 bridgehead atoms. The van der Waals surface area contributed by atoms with Crippen molar-refractivity contribution in [3.05, 3.63) is 50.6 Å². The first-order valence-electron chi connectivity index (χ1n) is 26.2. The van der Waals surface area contributed by atoms with Gasteiger partial charge in [-0.3, -0.25) is 0 Å². The van der Waals surface area contributed by atoms with Gasteiger partial charge in [-0.1, -0.05) is 73.3 Å². The highest BCUT2D eigenvalue weighted by Gasteiger charge is 2.48. The first-order valence-corrected chi connectivity index (χ1v) is 26.2. The lowest BCUT2D eigenvalue weighted by Crippen LogP contribution is -2.28. The summed E-state index contributed by atoms with van der Waals surface area (Å²) < 4.78 is 39.3. The molecular formula is C55H96O16. The van der Waals surface area contributed by atoms with Crippen molar-refractivity contribution in [1.29, 1.82) is 0 Å². The number of carbonyl (C=O) groups is 4. The van der Waals surface area contributed by atoms with Gasteiger partial charge in [0, 0.05) is 38.0 Å². The Bertz CT molecular complexity index is 1410. The van der Waals surface area contributed by atoms with E-state index in [0.717, 1.165) is 61.8 Å². The zero-order valence-corrected chi connectivity index (χ0v) is 44.4. The van der Waals surface area contributed by atoms with Gasteiger partial charge in [0.05, 0.1) is 38.6 Å². The number of carbonyl (C=O) groups excluding carboxylic acids is 4. The number of aliphatic hydroxyl groups is 4. The second-order valence-electron chi connectivity index (χ2n) is 19.0. The normalized spacial score (nSPS) is 25.0. The van der Waals surface area contributed by atoms with Crippen molar-refractivity contribution in [2.24, 2.45) is 35.5 Å².